The molecule has 0 fully saturated rings. The number of rotatable bonds is 0. The van der Waals surface area contributed by atoms with E-state index in [1.165, 1.54) is 0 Å². The van der Waals surface area contributed by atoms with Crippen LogP contribution in [0.15, 0.2) is 45.3 Å². The number of benzene rings is 2. The van der Waals surface area contributed by atoms with Crippen molar-refractivity contribution < 1.29 is 9.52 Å². The Balaban J connectivity index is 2.59. The van der Waals surface area contributed by atoms with Crippen LogP contribution in [-0.2, 0) is 0 Å². The van der Waals surface area contributed by atoms with Gasteiger partial charge in [-0.15, -0.1) is 0 Å². The van der Waals surface area contributed by atoms with Gasteiger partial charge in [0.15, 0.2) is 0 Å². The summed E-state index contributed by atoms with van der Waals surface area (Å²) in [5.74, 6) is 0.220. The summed E-state index contributed by atoms with van der Waals surface area (Å²) in [5.41, 5.74) is 1.53. The second kappa shape index (κ2) is 3.00. The first-order chi connectivity index (χ1) is 7.25. The van der Waals surface area contributed by atoms with Gasteiger partial charge in [0.1, 0.15) is 16.9 Å². The van der Waals surface area contributed by atoms with Crippen LogP contribution in [0.5, 0.6) is 5.75 Å². The number of aromatic hydroxyl groups is 1. The molecule has 0 spiro atoms. The van der Waals surface area contributed by atoms with Gasteiger partial charge in [-0.3, -0.25) is 0 Å². The number of phenols is 1. The average Bonchev–Trinajstić information content (AvgIpc) is 2.56. The SMILES string of the molecule is Oc1ccc2c(c1)oc1cccc(Br)c12. The molecule has 0 saturated heterocycles. The molecule has 0 amide bonds. The molecule has 0 atom stereocenters. The van der Waals surface area contributed by atoms with Crippen molar-refractivity contribution in [1.29, 1.82) is 0 Å². The quantitative estimate of drug-likeness (QED) is 0.663. The molecule has 1 aromatic heterocycles. The van der Waals surface area contributed by atoms with Crippen molar-refractivity contribution in [3.8, 4) is 5.75 Å². The molecule has 15 heavy (non-hydrogen) atoms. The number of hydrogen-bond donors (Lipinski definition) is 1. The number of fused-ring (bicyclic) bond motifs is 3. The first-order valence-corrected chi connectivity index (χ1v) is 5.35. The maximum atomic E-state index is 9.35. The van der Waals surface area contributed by atoms with Gasteiger partial charge in [0.05, 0.1) is 0 Å². The van der Waals surface area contributed by atoms with E-state index < -0.39 is 0 Å². The Labute approximate surface area is 94.3 Å². The smallest absolute Gasteiger partial charge is 0.139 e. The molecule has 0 aliphatic heterocycles. The highest BCUT2D eigenvalue weighted by Crippen LogP contribution is 2.35. The van der Waals surface area contributed by atoms with E-state index in [-0.39, 0.29) is 5.75 Å². The summed E-state index contributed by atoms with van der Waals surface area (Å²) in [6.07, 6.45) is 0. The predicted octanol–water partition coefficient (Wildman–Crippen LogP) is 4.05. The Morgan fingerprint density at radius 3 is 2.80 bits per heavy atom. The molecule has 0 saturated carbocycles. The predicted molar refractivity (Wildman–Crippen MR) is 63.1 cm³/mol. The van der Waals surface area contributed by atoms with E-state index in [0.717, 1.165) is 20.8 Å². The molecular weight excluding hydrogens is 256 g/mol. The maximum Gasteiger partial charge on any atom is 0.139 e. The summed E-state index contributed by atoms with van der Waals surface area (Å²) in [4.78, 5) is 0. The zero-order valence-corrected chi connectivity index (χ0v) is 9.28. The highest BCUT2D eigenvalue weighted by molar-refractivity contribution is 9.10. The third-order valence-electron chi connectivity index (χ3n) is 2.43. The third-order valence-corrected chi connectivity index (χ3v) is 3.09. The van der Waals surface area contributed by atoms with E-state index >= 15 is 0 Å². The average molecular weight is 263 g/mol. The van der Waals surface area contributed by atoms with Crippen LogP contribution in [0.25, 0.3) is 21.9 Å². The Morgan fingerprint density at radius 2 is 1.93 bits per heavy atom. The van der Waals surface area contributed by atoms with E-state index in [1.807, 2.05) is 24.3 Å². The fourth-order valence-electron chi connectivity index (χ4n) is 1.77. The fourth-order valence-corrected chi connectivity index (χ4v) is 2.33. The van der Waals surface area contributed by atoms with E-state index in [0.29, 0.717) is 5.58 Å². The van der Waals surface area contributed by atoms with Gasteiger partial charge in [0.25, 0.3) is 0 Å². The fraction of sp³-hybridized carbons (Fsp3) is 0. The Morgan fingerprint density at radius 1 is 1.07 bits per heavy atom. The largest absolute Gasteiger partial charge is 0.508 e. The summed E-state index contributed by atoms with van der Waals surface area (Å²) in [6, 6.07) is 11.0. The molecule has 2 nitrogen and oxygen atoms in total. The molecule has 74 valence electrons. The van der Waals surface area contributed by atoms with Crippen molar-refractivity contribution in [3.05, 3.63) is 40.9 Å². The van der Waals surface area contributed by atoms with E-state index in [2.05, 4.69) is 15.9 Å². The van der Waals surface area contributed by atoms with E-state index in [9.17, 15) is 5.11 Å². The van der Waals surface area contributed by atoms with Gasteiger partial charge in [0, 0.05) is 21.3 Å². The summed E-state index contributed by atoms with van der Waals surface area (Å²) in [5, 5.41) is 11.4. The number of phenolic OH excluding ortho intramolecular Hbond substituents is 1. The van der Waals surface area contributed by atoms with Gasteiger partial charge in [-0.1, -0.05) is 22.0 Å². The molecule has 0 radical (unpaired) electrons. The highest BCUT2D eigenvalue weighted by atomic mass is 79.9. The van der Waals surface area contributed by atoms with E-state index in [4.69, 9.17) is 4.42 Å². The lowest BCUT2D eigenvalue weighted by Gasteiger charge is -1.92. The van der Waals surface area contributed by atoms with Gasteiger partial charge < -0.3 is 9.52 Å². The Kier molecular flexibility index (Phi) is 1.76. The number of hydrogen-bond acceptors (Lipinski definition) is 2. The van der Waals surface area contributed by atoms with Gasteiger partial charge in [-0.2, -0.15) is 0 Å². The first kappa shape index (κ1) is 8.80. The molecule has 3 aromatic rings. The molecule has 0 bridgehead atoms. The molecule has 3 rings (SSSR count). The molecule has 2 aromatic carbocycles. The second-order valence-electron chi connectivity index (χ2n) is 3.40. The molecule has 0 aliphatic rings. The van der Waals surface area contributed by atoms with Crippen molar-refractivity contribution in [3.63, 3.8) is 0 Å². The zero-order valence-electron chi connectivity index (χ0n) is 7.70. The van der Waals surface area contributed by atoms with E-state index in [1.54, 1.807) is 12.1 Å². The van der Waals surface area contributed by atoms with Crippen molar-refractivity contribution in [1.82, 2.24) is 0 Å². The molecular formula is C12H7BrO2. The monoisotopic (exact) mass is 262 g/mol. The van der Waals surface area contributed by atoms with Crippen LogP contribution >= 0.6 is 15.9 Å². The van der Waals surface area contributed by atoms with Crippen molar-refractivity contribution in [2.24, 2.45) is 0 Å². The summed E-state index contributed by atoms with van der Waals surface area (Å²) < 4.78 is 6.63. The third kappa shape index (κ3) is 1.23. The Bertz CT molecular complexity index is 655. The van der Waals surface area contributed by atoms with Crippen molar-refractivity contribution >= 4 is 37.9 Å². The molecule has 1 N–H and O–H groups in total. The Hall–Kier alpha value is -1.48. The van der Waals surface area contributed by atoms with Gasteiger partial charge in [0.2, 0.25) is 0 Å². The highest BCUT2D eigenvalue weighted by Gasteiger charge is 2.09. The lowest BCUT2D eigenvalue weighted by Crippen LogP contribution is -1.68. The first-order valence-electron chi connectivity index (χ1n) is 4.55. The van der Waals surface area contributed by atoms with Gasteiger partial charge in [-0.05, 0) is 24.3 Å². The topological polar surface area (TPSA) is 33.4 Å². The second-order valence-corrected chi connectivity index (χ2v) is 4.25. The zero-order chi connectivity index (χ0) is 10.4. The van der Waals surface area contributed by atoms with Crippen LogP contribution in [0.3, 0.4) is 0 Å². The summed E-state index contributed by atoms with van der Waals surface area (Å²) in [6.45, 7) is 0. The van der Waals surface area contributed by atoms with Crippen LogP contribution in [0.2, 0.25) is 0 Å². The maximum absolute atomic E-state index is 9.35. The van der Waals surface area contributed by atoms with Crippen LogP contribution in [0.1, 0.15) is 0 Å². The van der Waals surface area contributed by atoms with Crippen LogP contribution < -0.4 is 0 Å². The minimum atomic E-state index is 0.220. The minimum Gasteiger partial charge on any atom is -0.508 e. The van der Waals surface area contributed by atoms with Gasteiger partial charge in [-0.25, -0.2) is 0 Å². The lowest BCUT2D eigenvalue weighted by atomic mass is 10.1. The molecule has 0 aliphatic carbocycles. The number of furan rings is 1. The van der Waals surface area contributed by atoms with Crippen LogP contribution in [-0.4, -0.2) is 5.11 Å². The van der Waals surface area contributed by atoms with Crippen LogP contribution in [0.4, 0.5) is 0 Å². The summed E-state index contributed by atoms with van der Waals surface area (Å²) >= 11 is 3.49. The standard InChI is InChI=1S/C12H7BrO2/c13-9-2-1-3-10-12(9)8-5-4-7(14)6-11(8)15-10/h1-6,14H. The van der Waals surface area contributed by atoms with Gasteiger partial charge >= 0.3 is 0 Å². The van der Waals surface area contributed by atoms with Crippen molar-refractivity contribution in [2.75, 3.05) is 0 Å². The number of halogens is 1. The lowest BCUT2D eigenvalue weighted by molar-refractivity contribution is 0.475. The minimum absolute atomic E-state index is 0.220. The van der Waals surface area contributed by atoms with Crippen molar-refractivity contribution in [2.45, 2.75) is 0 Å². The molecule has 3 heteroatoms. The normalized spacial score (nSPS) is 11.3. The molecule has 1 heterocycles. The molecule has 0 unspecified atom stereocenters. The van der Waals surface area contributed by atoms with Crippen LogP contribution in [0, 0.1) is 0 Å². The summed E-state index contributed by atoms with van der Waals surface area (Å²) in [7, 11) is 0.